The van der Waals surface area contributed by atoms with Gasteiger partial charge in [-0.15, -0.1) is 0 Å². The van der Waals surface area contributed by atoms with Crippen molar-refractivity contribution in [2.75, 3.05) is 34.4 Å². The highest BCUT2D eigenvalue weighted by molar-refractivity contribution is 5.89. The van der Waals surface area contributed by atoms with Crippen LogP contribution in [0.25, 0.3) is 0 Å². The number of carbonyl (C=O) groups is 5. The summed E-state index contributed by atoms with van der Waals surface area (Å²) in [5.74, 6) is -3.52. The van der Waals surface area contributed by atoms with Gasteiger partial charge in [-0.05, 0) is 37.8 Å². The summed E-state index contributed by atoms with van der Waals surface area (Å²) in [5, 5.41) is 15.1. The number of hydrogen-bond donors (Lipinski definition) is 4. The van der Waals surface area contributed by atoms with Crippen molar-refractivity contribution in [1.82, 2.24) is 20.4 Å². The standard InChI is InChI=1S/C36H51N5O8/c1-23(33(44)39-26(34(45)46)20-24-14-9-7-10-15-24)32(49-6)27-18-13-19-41(27)29(42)21-28(48-5)31(25-16-11-8-12-17-25)40(4)30(43)22-38-35(47)36(2,3)37/h7-12,14-17,23,26-28,31-32H,13,18-22,37H2,1-6H3,(H,38,47)(H,39,44)(H,45,46). The molecule has 5 N–H and O–H groups in total. The van der Waals surface area contributed by atoms with E-state index < -0.39 is 65.5 Å². The summed E-state index contributed by atoms with van der Waals surface area (Å²) in [4.78, 5) is 68.2. The Kier molecular flexibility index (Phi) is 14.3. The van der Waals surface area contributed by atoms with Gasteiger partial charge in [0.1, 0.15) is 6.04 Å². The van der Waals surface area contributed by atoms with Crippen LogP contribution in [0.5, 0.6) is 0 Å². The summed E-state index contributed by atoms with van der Waals surface area (Å²) < 4.78 is 11.7. The maximum absolute atomic E-state index is 14.0. The van der Waals surface area contributed by atoms with E-state index in [9.17, 15) is 29.1 Å². The Hall–Kier alpha value is -4.33. The summed E-state index contributed by atoms with van der Waals surface area (Å²) in [6, 6.07) is 16.0. The SMILES string of the molecule is COC(CC(=O)N1CCCC1C(OC)C(C)C(=O)NC(Cc1ccccc1)C(=O)O)C(c1ccccc1)N(C)C(=O)CNC(=O)C(C)(C)N. The monoisotopic (exact) mass is 681 g/mol. The van der Waals surface area contributed by atoms with E-state index in [-0.39, 0.29) is 25.3 Å². The molecule has 2 aromatic rings. The molecule has 1 fully saturated rings. The molecule has 2 aromatic carbocycles. The van der Waals surface area contributed by atoms with E-state index in [2.05, 4.69) is 10.6 Å². The molecule has 268 valence electrons. The number of carboxylic acids is 1. The molecule has 1 aliphatic rings. The maximum atomic E-state index is 14.0. The van der Waals surface area contributed by atoms with Gasteiger partial charge >= 0.3 is 5.97 Å². The first-order valence-corrected chi connectivity index (χ1v) is 16.5. The van der Waals surface area contributed by atoms with Gasteiger partial charge in [0.05, 0.1) is 48.7 Å². The Morgan fingerprint density at radius 3 is 2.18 bits per heavy atom. The van der Waals surface area contributed by atoms with Crippen molar-refractivity contribution in [3.63, 3.8) is 0 Å². The fraction of sp³-hybridized carbons (Fsp3) is 0.528. The van der Waals surface area contributed by atoms with E-state index in [1.54, 1.807) is 57.0 Å². The Morgan fingerprint density at radius 1 is 1.02 bits per heavy atom. The molecule has 49 heavy (non-hydrogen) atoms. The molecule has 1 aliphatic heterocycles. The number of benzene rings is 2. The van der Waals surface area contributed by atoms with Crippen LogP contribution in [-0.4, -0.2) is 109 Å². The van der Waals surface area contributed by atoms with Gasteiger partial charge in [-0.25, -0.2) is 4.79 Å². The van der Waals surface area contributed by atoms with Crippen molar-refractivity contribution in [1.29, 1.82) is 0 Å². The van der Waals surface area contributed by atoms with Gasteiger partial charge in [-0.3, -0.25) is 19.2 Å². The summed E-state index contributed by atoms with van der Waals surface area (Å²) in [6.07, 6.45) is -0.155. The molecule has 3 rings (SSSR count). The number of carboxylic acid groups (broad SMARTS) is 1. The van der Waals surface area contributed by atoms with Crippen LogP contribution in [0.2, 0.25) is 0 Å². The number of nitrogens with zero attached hydrogens (tertiary/aromatic N) is 2. The number of amides is 4. The lowest BCUT2D eigenvalue weighted by Crippen LogP contribution is -2.53. The minimum Gasteiger partial charge on any atom is -0.480 e. The number of methoxy groups -OCH3 is 2. The van der Waals surface area contributed by atoms with Crippen LogP contribution in [0.4, 0.5) is 0 Å². The van der Waals surface area contributed by atoms with Gasteiger partial charge < -0.3 is 40.7 Å². The first-order chi connectivity index (χ1) is 23.2. The molecular weight excluding hydrogens is 630 g/mol. The molecular formula is C36H51N5O8. The van der Waals surface area contributed by atoms with Crippen molar-refractivity contribution in [3.8, 4) is 0 Å². The van der Waals surface area contributed by atoms with Gasteiger partial charge in [0.25, 0.3) is 0 Å². The Balaban J connectivity index is 1.76. The summed E-state index contributed by atoms with van der Waals surface area (Å²) in [6.45, 7) is 4.90. The fourth-order valence-corrected chi connectivity index (χ4v) is 6.25. The number of hydrogen-bond acceptors (Lipinski definition) is 8. The van der Waals surface area contributed by atoms with E-state index in [0.717, 1.165) is 11.1 Å². The van der Waals surface area contributed by atoms with Crippen LogP contribution < -0.4 is 16.4 Å². The Morgan fingerprint density at radius 2 is 1.63 bits per heavy atom. The number of likely N-dealkylation sites (tertiary alicyclic amines) is 1. The molecule has 0 aromatic heterocycles. The normalized spacial score (nSPS) is 17.7. The third-order valence-corrected chi connectivity index (χ3v) is 9.04. The van der Waals surface area contributed by atoms with Crippen molar-refractivity contribution in [2.45, 2.75) is 82.3 Å². The minimum atomic E-state index is -1.16. The van der Waals surface area contributed by atoms with E-state index in [1.807, 2.05) is 36.4 Å². The zero-order valence-corrected chi connectivity index (χ0v) is 29.3. The Labute approximate surface area is 288 Å². The Bertz CT molecular complexity index is 1420. The zero-order chi connectivity index (χ0) is 36.3. The molecule has 6 atom stereocenters. The highest BCUT2D eigenvalue weighted by Crippen LogP contribution is 2.31. The maximum Gasteiger partial charge on any atom is 0.326 e. The second-order valence-electron chi connectivity index (χ2n) is 13.1. The highest BCUT2D eigenvalue weighted by atomic mass is 16.5. The topological polar surface area (TPSA) is 181 Å². The second-order valence-corrected chi connectivity index (χ2v) is 13.1. The average molecular weight is 682 g/mol. The van der Waals surface area contributed by atoms with E-state index in [0.29, 0.717) is 19.4 Å². The lowest BCUT2D eigenvalue weighted by atomic mass is 9.93. The highest BCUT2D eigenvalue weighted by Gasteiger charge is 2.42. The molecule has 4 amide bonds. The summed E-state index contributed by atoms with van der Waals surface area (Å²) in [5.41, 5.74) is 6.21. The minimum absolute atomic E-state index is 0.0818. The largest absolute Gasteiger partial charge is 0.480 e. The van der Waals surface area contributed by atoms with E-state index >= 15 is 0 Å². The van der Waals surface area contributed by atoms with Gasteiger partial charge in [-0.1, -0.05) is 67.6 Å². The quantitative estimate of drug-likeness (QED) is 0.194. The predicted octanol–water partition coefficient (Wildman–Crippen LogP) is 1.90. The summed E-state index contributed by atoms with van der Waals surface area (Å²) >= 11 is 0. The van der Waals surface area contributed by atoms with Crippen molar-refractivity contribution in [3.05, 3.63) is 71.8 Å². The number of ether oxygens (including phenoxy) is 2. The van der Waals surface area contributed by atoms with Crippen LogP contribution in [0.3, 0.4) is 0 Å². The second kappa shape index (κ2) is 17.9. The first kappa shape index (κ1) is 39.1. The number of nitrogens with two attached hydrogens (primary N) is 1. The van der Waals surface area contributed by atoms with Gasteiger partial charge in [0, 0.05) is 34.2 Å². The van der Waals surface area contributed by atoms with Crippen LogP contribution in [-0.2, 0) is 39.9 Å². The molecule has 1 heterocycles. The average Bonchev–Trinajstić information content (AvgIpc) is 3.56. The molecule has 0 aliphatic carbocycles. The molecule has 1 saturated heterocycles. The van der Waals surface area contributed by atoms with E-state index in [4.69, 9.17) is 15.2 Å². The van der Waals surface area contributed by atoms with Crippen molar-refractivity contribution < 1.29 is 38.6 Å². The molecule has 13 nitrogen and oxygen atoms in total. The molecule has 0 bridgehead atoms. The van der Waals surface area contributed by atoms with Crippen LogP contribution >= 0.6 is 0 Å². The van der Waals surface area contributed by atoms with Crippen molar-refractivity contribution in [2.24, 2.45) is 11.7 Å². The number of nitrogens with one attached hydrogen (secondary N) is 2. The lowest BCUT2D eigenvalue weighted by Gasteiger charge is -2.37. The van der Waals surface area contributed by atoms with Crippen LogP contribution in [0.1, 0.15) is 57.2 Å². The first-order valence-electron chi connectivity index (χ1n) is 16.5. The van der Waals surface area contributed by atoms with Gasteiger partial charge in [-0.2, -0.15) is 0 Å². The fourth-order valence-electron chi connectivity index (χ4n) is 6.25. The number of likely N-dealkylation sites (N-methyl/N-ethyl adjacent to an activating group) is 1. The third-order valence-electron chi connectivity index (χ3n) is 9.04. The molecule has 13 heteroatoms. The van der Waals surface area contributed by atoms with Gasteiger partial charge in [0.2, 0.25) is 23.6 Å². The van der Waals surface area contributed by atoms with Crippen molar-refractivity contribution >= 4 is 29.6 Å². The van der Waals surface area contributed by atoms with Crippen LogP contribution in [0.15, 0.2) is 60.7 Å². The lowest BCUT2D eigenvalue weighted by molar-refractivity contribution is -0.146. The zero-order valence-electron chi connectivity index (χ0n) is 29.3. The summed E-state index contributed by atoms with van der Waals surface area (Å²) in [7, 11) is 4.55. The van der Waals surface area contributed by atoms with E-state index in [1.165, 1.54) is 19.1 Å². The third kappa shape index (κ3) is 10.6. The molecule has 0 radical (unpaired) electrons. The van der Waals surface area contributed by atoms with Gasteiger partial charge in [0.15, 0.2) is 0 Å². The molecule has 6 unspecified atom stereocenters. The predicted molar refractivity (Wildman–Crippen MR) is 183 cm³/mol. The molecule has 0 spiro atoms. The number of rotatable bonds is 17. The molecule has 0 saturated carbocycles. The van der Waals surface area contributed by atoms with Crippen LogP contribution in [0, 0.1) is 5.92 Å². The number of aliphatic carboxylic acids is 1. The smallest absolute Gasteiger partial charge is 0.326 e. The number of carbonyl (C=O) groups excluding carboxylic acids is 4.